The molecule has 0 unspecified atom stereocenters. The number of hydrogen-bond donors (Lipinski definition) is 0. The van der Waals surface area contributed by atoms with E-state index in [1.54, 1.807) is 31.2 Å². The second kappa shape index (κ2) is 6.64. The van der Waals surface area contributed by atoms with Crippen molar-refractivity contribution in [2.45, 2.75) is 17.9 Å². The molecule has 0 aliphatic heterocycles. The first-order valence-electron chi connectivity index (χ1n) is 6.85. The standard InChI is InChI=1S/C16H17F2NO3S/c1-11(13-6-4-5-7-15(13)22-3)19(2)23(20,21)16-9-8-12(17)10-14(16)18/h4-11H,1-3H3/t11-/m1/s1. The molecule has 0 aliphatic carbocycles. The van der Waals surface area contributed by atoms with E-state index in [1.165, 1.54) is 14.2 Å². The molecule has 2 aromatic carbocycles. The highest BCUT2D eigenvalue weighted by Gasteiger charge is 2.30. The molecule has 0 aliphatic rings. The van der Waals surface area contributed by atoms with E-state index < -0.39 is 32.6 Å². The van der Waals surface area contributed by atoms with E-state index in [1.807, 2.05) is 0 Å². The number of benzene rings is 2. The normalized spacial score (nSPS) is 13.1. The van der Waals surface area contributed by atoms with Gasteiger partial charge in [0.2, 0.25) is 10.0 Å². The minimum Gasteiger partial charge on any atom is -0.496 e. The number of methoxy groups -OCH3 is 1. The molecule has 23 heavy (non-hydrogen) atoms. The van der Waals surface area contributed by atoms with E-state index in [2.05, 4.69) is 0 Å². The van der Waals surface area contributed by atoms with Gasteiger partial charge in [0.15, 0.2) is 0 Å². The van der Waals surface area contributed by atoms with Gasteiger partial charge in [0.1, 0.15) is 22.3 Å². The maximum absolute atomic E-state index is 13.8. The summed E-state index contributed by atoms with van der Waals surface area (Å²) >= 11 is 0. The summed E-state index contributed by atoms with van der Waals surface area (Å²) in [6, 6.07) is 8.76. The van der Waals surface area contributed by atoms with E-state index in [9.17, 15) is 17.2 Å². The van der Waals surface area contributed by atoms with E-state index in [0.717, 1.165) is 16.4 Å². The van der Waals surface area contributed by atoms with Crippen LogP contribution in [0.1, 0.15) is 18.5 Å². The number of rotatable bonds is 5. The summed E-state index contributed by atoms with van der Waals surface area (Å²) in [5.74, 6) is -1.42. The van der Waals surface area contributed by atoms with Gasteiger partial charge in [-0.25, -0.2) is 17.2 Å². The van der Waals surface area contributed by atoms with Gasteiger partial charge in [-0.15, -0.1) is 0 Å². The van der Waals surface area contributed by atoms with Gasteiger partial charge in [-0.2, -0.15) is 4.31 Å². The Bertz CT molecular complexity index is 809. The highest BCUT2D eigenvalue weighted by molar-refractivity contribution is 7.89. The number of para-hydroxylation sites is 1. The molecule has 0 fully saturated rings. The van der Waals surface area contributed by atoms with Crippen molar-refractivity contribution in [1.82, 2.24) is 4.31 Å². The summed E-state index contributed by atoms with van der Waals surface area (Å²) in [6.07, 6.45) is 0. The summed E-state index contributed by atoms with van der Waals surface area (Å²) in [5, 5.41) is 0. The van der Waals surface area contributed by atoms with Crippen LogP contribution in [0.25, 0.3) is 0 Å². The molecular weight excluding hydrogens is 324 g/mol. The Balaban J connectivity index is 2.43. The lowest BCUT2D eigenvalue weighted by Gasteiger charge is -2.26. The second-order valence-corrected chi connectivity index (χ2v) is 6.98. The summed E-state index contributed by atoms with van der Waals surface area (Å²) in [6.45, 7) is 1.66. The third-order valence-corrected chi connectivity index (χ3v) is 5.65. The topological polar surface area (TPSA) is 46.6 Å². The molecule has 0 saturated heterocycles. The first-order valence-corrected chi connectivity index (χ1v) is 8.29. The van der Waals surface area contributed by atoms with Crippen molar-refractivity contribution in [3.63, 3.8) is 0 Å². The molecule has 7 heteroatoms. The number of sulfonamides is 1. The van der Waals surface area contributed by atoms with Crippen LogP contribution in [0.4, 0.5) is 8.78 Å². The van der Waals surface area contributed by atoms with Gasteiger partial charge in [0, 0.05) is 18.7 Å². The molecule has 0 spiro atoms. The van der Waals surface area contributed by atoms with Crippen LogP contribution >= 0.6 is 0 Å². The molecule has 0 amide bonds. The van der Waals surface area contributed by atoms with E-state index in [-0.39, 0.29) is 0 Å². The van der Waals surface area contributed by atoms with Crippen LogP contribution < -0.4 is 4.74 Å². The van der Waals surface area contributed by atoms with Crippen molar-refractivity contribution in [3.8, 4) is 5.75 Å². The van der Waals surface area contributed by atoms with Crippen LogP contribution in [0.3, 0.4) is 0 Å². The van der Waals surface area contributed by atoms with Crippen LogP contribution in [0.5, 0.6) is 5.75 Å². The first-order chi connectivity index (χ1) is 10.8. The summed E-state index contributed by atoms with van der Waals surface area (Å²) in [4.78, 5) is -0.567. The fraction of sp³-hybridized carbons (Fsp3) is 0.250. The molecule has 0 bridgehead atoms. The molecule has 2 aromatic rings. The Labute approximate surface area is 134 Å². The monoisotopic (exact) mass is 341 g/mol. The van der Waals surface area contributed by atoms with Crippen molar-refractivity contribution >= 4 is 10.0 Å². The molecule has 1 atom stereocenters. The number of ether oxygens (including phenoxy) is 1. The van der Waals surface area contributed by atoms with Gasteiger partial charge in [0.05, 0.1) is 13.2 Å². The molecule has 0 saturated carbocycles. The maximum atomic E-state index is 13.8. The van der Waals surface area contributed by atoms with Crippen LogP contribution in [-0.4, -0.2) is 26.9 Å². The third-order valence-electron chi connectivity index (χ3n) is 3.69. The average Bonchev–Trinajstić information content (AvgIpc) is 2.53. The van der Waals surface area contributed by atoms with Crippen LogP contribution in [0.2, 0.25) is 0 Å². The number of hydrogen-bond acceptors (Lipinski definition) is 3. The van der Waals surface area contributed by atoms with Gasteiger partial charge in [-0.05, 0) is 25.1 Å². The summed E-state index contributed by atoms with van der Waals surface area (Å²) in [5.41, 5.74) is 0.642. The van der Waals surface area contributed by atoms with E-state index in [0.29, 0.717) is 17.4 Å². The maximum Gasteiger partial charge on any atom is 0.246 e. The van der Waals surface area contributed by atoms with E-state index >= 15 is 0 Å². The molecule has 124 valence electrons. The highest BCUT2D eigenvalue weighted by atomic mass is 32.2. The zero-order valence-corrected chi connectivity index (χ0v) is 13.8. The lowest BCUT2D eigenvalue weighted by molar-refractivity contribution is 0.365. The number of nitrogens with zero attached hydrogens (tertiary/aromatic N) is 1. The van der Waals surface area contributed by atoms with Crippen LogP contribution in [-0.2, 0) is 10.0 Å². The fourth-order valence-electron chi connectivity index (χ4n) is 2.26. The minimum absolute atomic E-state index is 0.529. The predicted octanol–water partition coefficient (Wildman–Crippen LogP) is 3.36. The minimum atomic E-state index is -4.12. The van der Waals surface area contributed by atoms with Crippen molar-refractivity contribution in [3.05, 3.63) is 59.7 Å². The van der Waals surface area contributed by atoms with Crippen molar-refractivity contribution < 1.29 is 21.9 Å². The van der Waals surface area contributed by atoms with Crippen LogP contribution in [0.15, 0.2) is 47.4 Å². The van der Waals surface area contributed by atoms with Crippen LogP contribution in [0, 0.1) is 11.6 Å². The Morgan fingerprint density at radius 2 is 1.78 bits per heavy atom. The summed E-state index contributed by atoms with van der Waals surface area (Å²) < 4.78 is 58.3. The molecule has 0 radical (unpaired) electrons. The van der Waals surface area contributed by atoms with Gasteiger partial charge in [0.25, 0.3) is 0 Å². The van der Waals surface area contributed by atoms with E-state index in [4.69, 9.17) is 4.74 Å². The van der Waals surface area contributed by atoms with Crippen molar-refractivity contribution in [2.75, 3.05) is 14.2 Å². The lowest BCUT2D eigenvalue weighted by atomic mass is 10.1. The Hall–Kier alpha value is -1.99. The SMILES string of the molecule is COc1ccccc1[C@@H](C)N(C)S(=O)(=O)c1ccc(F)cc1F. The molecular formula is C16H17F2NO3S. The molecule has 4 nitrogen and oxygen atoms in total. The average molecular weight is 341 g/mol. The Morgan fingerprint density at radius 3 is 2.39 bits per heavy atom. The zero-order chi connectivity index (χ0) is 17.2. The Morgan fingerprint density at radius 1 is 1.13 bits per heavy atom. The smallest absolute Gasteiger partial charge is 0.246 e. The van der Waals surface area contributed by atoms with Crippen molar-refractivity contribution in [2.24, 2.45) is 0 Å². The largest absolute Gasteiger partial charge is 0.496 e. The number of halogens is 2. The third kappa shape index (κ3) is 3.35. The van der Waals surface area contributed by atoms with Crippen molar-refractivity contribution in [1.29, 1.82) is 0 Å². The lowest BCUT2D eigenvalue weighted by Crippen LogP contribution is -2.30. The molecule has 0 heterocycles. The molecule has 2 rings (SSSR count). The molecule has 0 N–H and O–H groups in total. The second-order valence-electron chi connectivity index (χ2n) is 5.01. The van der Waals surface area contributed by atoms with Gasteiger partial charge >= 0.3 is 0 Å². The predicted molar refractivity (Wildman–Crippen MR) is 82.7 cm³/mol. The molecule has 0 aromatic heterocycles. The summed E-state index contributed by atoms with van der Waals surface area (Å²) in [7, 11) is -1.29. The quantitative estimate of drug-likeness (QED) is 0.838. The van der Waals surface area contributed by atoms with Gasteiger partial charge < -0.3 is 4.74 Å². The Kier molecular flexibility index (Phi) is 5.01. The fourth-order valence-corrected chi connectivity index (χ4v) is 3.64. The van der Waals surface area contributed by atoms with Gasteiger partial charge in [-0.3, -0.25) is 0 Å². The van der Waals surface area contributed by atoms with Gasteiger partial charge in [-0.1, -0.05) is 18.2 Å². The first kappa shape index (κ1) is 17.4. The zero-order valence-electron chi connectivity index (χ0n) is 13.0. The highest BCUT2D eigenvalue weighted by Crippen LogP contribution is 2.32.